The highest BCUT2D eigenvalue weighted by atomic mass is 16.6. The molecule has 1 N–H and O–H groups in total. The summed E-state index contributed by atoms with van der Waals surface area (Å²) in [5.74, 6) is -0.156. The maximum absolute atomic E-state index is 12.1. The molecule has 2 atom stereocenters. The van der Waals surface area contributed by atoms with Crippen LogP contribution < -0.4 is 0 Å². The summed E-state index contributed by atoms with van der Waals surface area (Å²) in [4.78, 5) is 24.9. The number of amides is 1. The van der Waals surface area contributed by atoms with Crippen molar-refractivity contribution in [3.05, 3.63) is 0 Å². The Hall–Kier alpha value is -1.26. The first-order valence-corrected chi connectivity index (χ1v) is 7.00. The minimum atomic E-state index is -0.908. The van der Waals surface area contributed by atoms with E-state index in [1.807, 2.05) is 0 Å². The molecular formula is C14H23NO4. The topological polar surface area (TPSA) is 66.8 Å². The summed E-state index contributed by atoms with van der Waals surface area (Å²) >= 11 is 0. The molecule has 5 nitrogen and oxygen atoms in total. The van der Waals surface area contributed by atoms with Gasteiger partial charge in [0.25, 0.3) is 0 Å². The number of carboxylic acid groups (broad SMARTS) is 1. The monoisotopic (exact) mass is 269 g/mol. The van der Waals surface area contributed by atoms with Crippen LogP contribution in [0.4, 0.5) is 4.79 Å². The molecule has 1 aliphatic heterocycles. The minimum absolute atomic E-state index is 0.0810. The molecule has 0 bridgehead atoms. The lowest BCUT2D eigenvalue weighted by molar-refractivity contribution is -0.143. The molecule has 0 aromatic carbocycles. The molecule has 1 amide bonds. The standard InChI is InChI=1S/C14H23NO4/c1-14(2,3)19-13(18)15-7-6-10(8-9-4-5-9)11(15)12(16)17/h9-11H,4-8H2,1-3H3,(H,16,17)/t10-,11+/m0/s1. The summed E-state index contributed by atoms with van der Waals surface area (Å²) in [7, 11) is 0. The third kappa shape index (κ3) is 3.61. The van der Waals surface area contributed by atoms with Crippen LogP contribution >= 0.6 is 0 Å². The Kier molecular flexibility index (Phi) is 3.74. The highest BCUT2D eigenvalue weighted by Gasteiger charge is 2.45. The molecule has 0 unspecified atom stereocenters. The van der Waals surface area contributed by atoms with Gasteiger partial charge in [0, 0.05) is 6.54 Å². The van der Waals surface area contributed by atoms with Crippen LogP contribution in [0.5, 0.6) is 0 Å². The van der Waals surface area contributed by atoms with E-state index in [1.165, 1.54) is 17.7 Å². The zero-order chi connectivity index (χ0) is 14.2. The highest BCUT2D eigenvalue weighted by Crippen LogP contribution is 2.40. The van der Waals surface area contributed by atoms with Crippen molar-refractivity contribution in [1.82, 2.24) is 4.90 Å². The molecule has 2 rings (SSSR count). The van der Waals surface area contributed by atoms with Crippen LogP contribution in [0.15, 0.2) is 0 Å². The van der Waals surface area contributed by atoms with Gasteiger partial charge >= 0.3 is 12.1 Å². The van der Waals surface area contributed by atoms with Crippen molar-refractivity contribution in [2.75, 3.05) is 6.54 Å². The maximum atomic E-state index is 12.1. The lowest BCUT2D eigenvalue weighted by atomic mass is 9.94. The molecule has 0 aromatic heterocycles. The Balaban J connectivity index is 2.02. The van der Waals surface area contributed by atoms with E-state index < -0.39 is 23.7 Å². The second-order valence-electron chi connectivity index (χ2n) is 6.68. The van der Waals surface area contributed by atoms with Gasteiger partial charge in [0.05, 0.1) is 0 Å². The van der Waals surface area contributed by atoms with Crippen molar-refractivity contribution in [3.63, 3.8) is 0 Å². The third-order valence-corrected chi connectivity index (χ3v) is 3.74. The largest absolute Gasteiger partial charge is 0.480 e. The molecule has 2 aliphatic rings. The smallest absolute Gasteiger partial charge is 0.411 e. The normalized spacial score (nSPS) is 27.4. The van der Waals surface area contributed by atoms with Crippen molar-refractivity contribution in [2.45, 2.75) is 58.1 Å². The number of ether oxygens (including phenoxy) is 1. The number of carbonyl (C=O) groups excluding carboxylic acids is 1. The van der Waals surface area contributed by atoms with Crippen LogP contribution in [-0.4, -0.2) is 40.3 Å². The second kappa shape index (κ2) is 5.02. The molecule has 19 heavy (non-hydrogen) atoms. The molecule has 1 aliphatic carbocycles. The fraction of sp³-hybridized carbons (Fsp3) is 0.857. The molecule has 0 spiro atoms. The van der Waals surface area contributed by atoms with Gasteiger partial charge in [0.15, 0.2) is 0 Å². The van der Waals surface area contributed by atoms with Gasteiger partial charge in [-0.15, -0.1) is 0 Å². The predicted molar refractivity (Wildman–Crippen MR) is 69.8 cm³/mol. The summed E-state index contributed by atoms with van der Waals surface area (Å²) in [6.45, 7) is 5.86. The number of hydrogen-bond acceptors (Lipinski definition) is 3. The summed E-state index contributed by atoms with van der Waals surface area (Å²) in [6.07, 6.45) is 3.60. The lowest BCUT2D eigenvalue weighted by Crippen LogP contribution is -2.45. The molecule has 0 radical (unpaired) electrons. The summed E-state index contributed by atoms with van der Waals surface area (Å²) in [6, 6.07) is -0.713. The van der Waals surface area contributed by atoms with Gasteiger partial charge in [-0.25, -0.2) is 9.59 Å². The Morgan fingerprint density at radius 1 is 1.26 bits per heavy atom. The number of hydrogen-bond donors (Lipinski definition) is 1. The molecule has 2 fully saturated rings. The molecule has 5 heteroatoms. The molecule has 1 heterocycles. The number of carbonyl (C=O) groups is 2. The van der Waals surface area contributed by atoms with Gasteiger partial charge < -0.3 is 9.84 Å². The minimum Gasteiger partial charge on any atom is -0.480 e. The summed E-state index contributed by atoms with van der Waals surface area (Å²) < 4.78 is 5.29. The van der Waals surface area contributed by atoms with Gasteiger partial charge in [-0.2, -0.15) is 0 Å². The van der Waals surface area contributed by atoms with Crippen molar-refractivity contribution in [2.24, 2.45) is 11.8 Å². The summed E-state index contributed by atoms with van der Waals surface area (Å²) in [5.41, 5.74) is -0.589. The van der Waals surface area contributed by atoms with Gasteiger partial charge in [0.1, 0.15) is 11.6 Å². The number of likely N-dealkylation sites (tertiary alicyclic amines) is 1. The van der Waals surface area contributed by atoms with Crippen LogP contribution in [0, 0.1) is 11.8 Å². The van der Waals surface area contributed by atoms with Crippen molar-refractivity contribution in [3.8, 4) is 0 Å². The molecule has 1 saturated carbocycles. The number of nitrogens with zero attached hydrogens (tertiary/aromatic N) is 1. The van der Waals surface area contributed by atoms with E-state index >= 15 is 0 Å². The van der Waals surface area contributed by atoms with Gasteiger partial charge in [0.2, 0.25) is 0 Å². The van der Waals surface area contributed by atoms with E-state index in [2.05, 4.69) is 0 Å². The van der Waals surface area contributed by atoms with Crippen molar-refractivity contribution >= 4 is 12.1 Å². The molecular weight excluding hydrogens is 246 g/mol. The average molecular weight is 269 g/mol. The molecule has 1 saturated heterocycles. The van der Waals surface area contributed by atoms with Gasteiger partial charge in [-0.3, -0.25) is 4.90 Å². The van der Waals surface area contributed by atoms with E-state index in [9.17, 15) is 14.7 Å². The number of rotatable bonds is 3. The van der Waals surface area contributed by atoms with E-state index in [-0.39, 0.29) is 5.92 Å². The van der Waals surface area contributed by atoms with Crippen LogP contribution in [0.2, 0.25) is 0 Å². The van der Waals surface area contributed by atoms with Crippen LogP contribution in [0.3, 0.4) is 0 Å². The zero-order valence-corrected chi connectivity index (χ0v) is 11.9. The first-order valence-electron chi connectivity index (χ1n) is 7.00. The van der Waals surface area contributed by atoms with E-state index in [0.717, 1.165) is 12.8 Å². The van der Waals surface area contributed by atoms with Gasteiger partial charge in [-0.05, 0) is 45.4 Å². The zero-order valence-electron chi connectivity index (χ0n) is 11.9. The SMILES string of the molecule is CC(C)(C)OC(=O)N1CC[C@@H](CC2CC2)[C@@H]1C(=O)O. The maximum Gasteiger partial charge on any atom is 0.411 e. The molecule has 0 aromatic rings. The first-order chi connectivity index (χ1) is 8.78. The van der Waals surface area contributed by atoms with Crippen LogP contribution in [-0.2, 0) is 9.53 Å². The van der Waals surface area contributed by atoms with Crippen LogP contribution in [0.1, 0.15) is 46.5 Å². The second-order valence-corrected chi connectivity index (χ2v) is 6.68. The molecule has 108 valence electrons. The van der Waals surface area contributed by atoms with Crippen molar-refractivity contribution < 1.29 is 19.4 Å². The lowest BCUT2D eigenvalue weighted by Gasteiger charge is -2.28. The average Bonchev–Trinajstić information content (AvgIpc) is 2.92. The Morgan fingerprint density at radius 3 is 2.37 bits per heavy atom. The highest BCUT2D eigenvalue weighted by molar-refractivity contribution is 5.81. The number of carboxylic acids is 1. The number of aliphatic carboxylic acids is 1. The Labute approximate surface area is 113 Å². The quantitative estimate of drug-likeness (QED) is 0.854. The fourth-order valence-corrected chi connectivity index (χ4v) is 2.75. The Bertz CT molecular complexity index is 370. The van der Waals surface area contributed by atoms with Crippen LogP contribution in [0.25, 0.3) is 0 Å². The third-order valence-electron chi connectivity index (χ3n) is 3.74. The van der Waals surface area contributed by atoms with E-state index in [0.29, 0.717) is 12.5 Å². The van der Waals surface area contributed by atoms with Gasteiger partial charge in [-0.1, -0.05) is 12.8 Å². The van der Waals surface area contributed by atoms with E-state index in [1.54, 1.807) is 20.8 Å². The van der Waals surface area contributed by atoms with E-state index in [4.69, 9.17) is 4.74 Å². The summed E-state index contributed by atoms with van der Waals surface area (Å²) in [5, 5.41) is 9.39. The Morgan fingerprint density at radius 2 is 1.89 bits per heavy atom. The predicted octanol–water partition coefficient (Wildman–Crippen LogP) is 2.50. The first kappa shape index (κ1) is 14.2. The fourth-order valence-electron chi connectivity index (χ4n) is 2.75. The van der Waals surface area contributed by atoms with Crippen molar-refractivity contribution in [1.29, 1.82) is 0 Å².